The van der Waals surface area contributed by atoms with E-state index in [1.165, 1.54) is 5.06 Å². The zero-order valence-corrected chi connectivity index (χ0v) is 16.6. The van der Waals surface area contributed by atoms with Gasteiger partial charge in [0.2, 0.25) is 5.91 Å². The molecule has 1 saturated heterocycles. The van der Waals surface area contributed by atoms with Gasteiger partial charge in [-0.25, -0.2) is 0 Å². The first-order valence-corrected chi connectivity index (χ1v) is 8.98. The number of likely N-dealkylation sites (N-methyl/N-ethyl adjacent to an activating group) is 1. The summed E-state index contributed by atoms with van der Waals surface area (Å²) < 4.78 is 0. The fourth-order valence-corrected chi connectivity index (χ4v) is 4.07. The topological polar surface area (TPSA) is 58.6 Å². The van der Waals surface area contributed by atoms with Gasteiger partial charge in [0.1, 0.15) is 0 Å². The van der Waals surface area contributed by atoms with Gasteiger partial charge in [0.15, 0.2) is 0 Å². The van der Waals surface area contributed by atoms with Crippen molar-refractivity contribution < 1.29 is 4.79 Å². The second kappa shape index (κ2) is 7.06. The fraction of sp³-hybridized carbons (Fsp3) is 0.650. The molecule has 5 heteroatoms. The molecule has 0 atom stereocenters. The van der Waals surface area contributed by atoms with Crippen LogP contribution in [0.1, 0.15) is 51.7 Å². The van der Waals surface area contributed by atoms with E-state index in [4.69, 9.17) is 0 Å². The van der Waals surface area contributed by atoms with Crippen LogP contribution >= 0.6 is 0 Å². The van der Waals surface area contributed by atoms with E-state index in [2.05, 4.69) is 10.2 Å². The van der Waals surface area contributed by atoms with Gasteiger partial charge in [-0.05, 0) is 72.6 Å². The van der Waals surface area contributed by atoms with Crippen molar-refractivity contribution in [2.45, 2.75) is 71.5 Å². The van der Waals surface area contributed by atoms with Crippen molar-refractivity contribution in [3.8, 4) is 0 Å². The van der Waals surface area contributed by atoms with Gasteiger partial charge in [-0.3, -0.25) is 9.69 Å². The van der Waals surface area contributed by atoms with Gasteiger partial charge in [0.05, 0.1) is 6.54 Å². The van der Waals surface area contributed by atoms with Gasteiger partial charge in [-0.15, -0.1) is 0 Å². The number of aryl methyl sites for hydroxylation is 2. The maximum absolute atomic E-state index is 12.5. The summed E-state index contributed by atoms with van der Waals surface area (Å²) in [6.07, 6.45) is 1.51. The Morgan fingerprint density at radius 1 is 1.20 bits per heavy atom. The molecule has 140 valence electrons. The minimum absolute atomic E-state index is 0.0138. The Morgan fingerprint density at radius 3 is 2.16 bits per heavy atom. The molecule has 0 aliphatic carbocycles. The van der Waals surface area contributed by atoms with Gasteiger partial charge in [-0.1, -0.05) is 18.2 Å². The number of hydrogen-bond acceptors (Lipinski definition) is 4. The number of carbonyl (C=O) groups is 1. The lowest BCUT2D eigenvalue weighted by molar-refractivity contribution is -0.118. The third-order valence-electron chi connectivity index (χ3n) is 5.33. The molecule has 5 nitrogen and oxygen atoms in total. The summed E-state index contributed by atoms with van der Waals surface area (Å²) in [4.78, 5) is 14.6. The Kier molecular flexibility index (Phi) is 5.62. The van der Waals surface area contributed by atoms with E-state index < -0.39 is 11.1 Å². The molecule has 1 N–H and O–H groups in total. The zero-order valence-electron chi connectivity index (χ0n) is 16.6. The van der Waals surface area contributed by atoms with Crippen LogP contribution in [0.3, 0.4) is 0 Å². The first kappa shape index (κ1) is 19.9. The molecule has 0 radical (unpaired) electrons. The molecule has 1 aliphatic rings. The Bertz CT molecular complexity index is 602. The first-order valence-electron chi connectivity index (χ1n) is 8.98. The number of nitrogens with zero attached hydrogens (tertiary/aromatic N) is 2. The van der Waals surface area contributed by atoms with E-state index in [1.807, 2.05) is 66.8 Å². The number of piperidine rings is 1. The first-order chi connectivity index (χ1) is 11.4. The SMILES string of the molecule is Cc1cccc(C)c1NC(=O)CN(C)C1CC(C)(C)N([O-])C(C)(C)C1. The fourth-order valence-electron chi connectivity index (χ4n) is 4.07. The van der Waals surface area contributed by atoms with Crippen molar-refractivity contribution >= 4 is 11.6 Å². The highest BCUT2D eigenvalue weighted by Crippen LogP contribution is 2.39. The van der Waals surface area contributed by atoms with Crippen molar-refractivity contribution in [2.24, 2.45) is 0 Å². The molecule has 0 unspecified atom stereocenters. The van der Waals surface area contributed by atoms with E-state index >= 15 is 0 Å². The summed E-state index contributed by atoms with van der Waals surface area (Å²) in [5.41, 5.74) is 2.18. The predicted molar refractivity (Wildman–Crippen MR) is 104 cm³/mol. The third kappa shape index (κ3) is 4.40. The lowest BCUT2D eigenvalue weighted by Crippen LogP contribution is -2.61. The Labute approximate surface area is 152 Å². The third-order valence-corrected chi connectivity index (χ3v) is 5.33. The second-order valence-electron chi connectivity index (χ2n) is 8.71. The number of hydrogen-bond donors (Lipinski definition) is 1. The smallest absolute Gasteiger partial charge is 0.238 e. The molecule has 1 heterocycles. The van der Waals surface area contributed by atoms with Crippen LogP contribution in [-0.2, 0) is 4.79 Å². The molecular weight excluding hydrogens is 314 g/mol. The van der Waals surface area contributed by atoms with E-state index in [0.29, 0.717) is 6.54 Å². The van der Waals surface area contributed by atoms with Crippen molar-refractivity contribution in [1.82, 2.24) is 9.96 Å². The Balaban J connectivity index is 2.04. The second-order valence-corrected chi connectivity index (χ2v) is 8.71. The zero-order chi connectivity index (χ0) is 19.0. The largest absolute Gasteiger partial charge is 0.784 e. The maximum atomic E-state index is 12.5. The van der Waals surface area contributed by atoms with Crippen LogP contribution in [0.5, 0.6) is 0 Å². The molecule has 0 saturated carbocycles. The number of benzene rings is 1. The lowest BCUT2D eigenvalue weighted by Gasteiger charge is -2.61. The van der Waals surface area contributed by atoms with Crippen LogP contribution in [0, 0.1) is 19.1 Å². The van der Waals surface area contributed by atoms with Gasteiger partial charge in [0.25, 0.3) is 0 Å². The molecule has 1 aromatic carbocycles. The molecule has 0 spiro atoms. The van der Waals surface area contributed by atoms with E-state index in [-0.39, 0.29) is 11.9 Å². The van der Waals surface area contributed by atoms with Gasteiger partial charge in [-0.2, -0.15) is 0 Å². The van der Waals surface area contributed by atoms with Crippen molar-refractivity contribution in [2.75, 3.05) is 18.9 Å². The number of amides is 1. The normalized spacial score (nSPS) is 20.7. The minimum Gasteiger partial charge on any atom is -0.784 e. The van der Waals surface area contributed by atoms with Crippen LogP contribution < -0.4 is 5.32 Å². The van der Waals surface area contributed by atoms with Crippen LogP contribution in [0.2, 0.25) is 0 Å². The van der Waals surface area contributed by atoms with Crippen LogP contribution in [0.15, 0.2) is 18.2 Å². The van der Waals surface area contributed by atoms with E-state index in [9.17, 15) is 10.0 Å². The molecule has 1 amide bonds. The summed E-state index contributed by atoms with van der Waals surface area (Å²) in [7, 11) is 1.97. The Hall–Kier alpha value is -1.43. The van der Waals surface area contributed by atoms with Gasteiger partial charge in [0, 0.05) is 22.8 Å². The van der Waals surface area contributed by atoms with Crippen LogP contribution in [-0.4, -0.2) is 46.6 Å². The summed E-state index contributed by atoms with van der Waals surface area (Å²) in [6, 6.07) is 6.20. The van der Waals surface area contributed by atoms with E-state index in [0.717, 1.165) is 29.7 Å². The lowest BCUT2D eigenvalue weighted by atomic mass is 9.78. The molecular formula is C20H32N3O2-. The highest BCUT2D eigenvalue weighted by Gasteiger charge is 2.41. The predicted octanol–water partition coefficient (Wildman–Crippen LogP) is 3.69. The van der Waals surface area contributed by atoms with Crippen molar-refractivity contribution in [3.05, 3.63) is 34.5 Å². The van der Waals surface area contributed by atoms with Crippen LogP contribution in [0.4, 0.5) is 5.69 Å². The van der Waals surface area contributed by atoms with Gasteiger partial charge < -0.3 is 15.6 Å². The number of carbonyl (C=O) groups excluding carboxylic acids is 1. The highest BCUT2D eigenvalue weighted by atomic mass is 16.5. The molecule has 0 bridgehead atoms. The summed E-state index contributed by atoms with van der Waals surface area (Å²) in [5.74, 6) is -0.0138. The summed E-state index contributed by atoms with van der Waals surface area (Å²) in [6.45, 7) is 12.3. The summed E-state index contributed by atoms with van der Waals surface area (Å²) >= 11 is 0. The maximum Gasteiger partial charge on any atom is 0.238 e. The summed E-state index contributed by atoms with van der Waals surface area (Å²) in [5, 5.41) is 16.8. The number of rotatable bonds is 4. The number of para-hydroxylation sites is 1. The standard InChI is InChI=1S/C20H32N3O2/c1-14-9-8-10-15(2)18(14)21-17(24)13-22(7)16-11-19(3,4)23(25)20(5,6)12-16/h8-10,16H,11-13H2,1-7H3,(H,21,24)/q-1. The Morgan fingerprint density at radius 2 is 1.68 bits per heavy atom. The van der Waals surface area contributed by atoms with E-state index in [1.54, 1.807) is 0 Å². The molecule has 1 aromatic rings. The molecule has 25 heavy (non-hydrogen) atoms. The molecule has 2 rings (SSSR count). The molecule has 1 fully saturated rings. The quantitative estimate of drug-likeness (QED) is 0.903. The number of nitrogens with one attached hydrogen (secondary N) is 1. The number of hydroxylamine groups is 2. The monoisotopic (exact) mass is 346 g/mol. The van der Waals surface area contributed by atoms with Crippen molar-refractivity contribution in [3.63, 3.8) is 0 Å². The highest BCUT2D eigenvalue weighted by molar-refractivity contribution is 5.93. The average Bonchev–Trinajstić information content (AvgIpc) is 2.48. The number of anilines is 1. The molecule has 0 aromatic heterocycles. The average molecular weight is 346 g/mol. The van der Waals surface area contributed by atoms with Crippen LogP contribution in [0.25, 0.3) is 0 Å². The van der Waals surface area contributed by atoms with Crippen molar-refractivity contribution in [1.29, 1.82) is 0 Å². The molecule has 1 aliphatic heterocycles. The minimum atomic E-state index is -0.427. The van der Waals surface area contributed by atoms with Gasteiger partial charge >= 0.3 is 0 Å².